The fourth-order valence-corrected chi connectivity index (χ4v) is 2.67. The number of methoxy groups -OCH3 is 1. The quantitative estimate of drug-likeness (QED) is 0.592. The summed E-state index contributed by atoms with van der Waals surface area (Å²) in [5.74, 6) is 5.71. The average Bonchev–Trinajstić information content (AvgIpc) is 2.42. The third-order valence-electron chi connectivity index (χ3n) is 3.82. The van der Waals surface area contributed by atoms with E-state index in [1.807, 2.05) is 24.3 Å². The smallest absolute Gasteiger partial charge is 0.0842 e. The molecule has 0 aliphatic rings. The van der Waals surface area contributed by atoms with E-state index < -0.39 is 0 Å². The highest BCUT2D eigenvalue weighted by Crippen LogP contribution is 2.28. The molecule has 1 rings (SSSR count). The van der Waals surface area contributed by atoms with Crippen LogP contribution in [-0.4, -0.2) is 18.8 Å². The molecule has 1 atom stereocenters. The number of benzene rings is 1. The summed E-state index contributed by atoms with van der Waals surface area (Å²) in [6, 6.07) is 7.88. The van der Waals surface area contributed by atoms with Gasteiger partial charge in [0.2, 0.25) is 0 Å². The van der Waals surface area contributed by atoms with Crippen LogP contribution in [-0.2, 0) is 11.2 Å². The van der Waals surface area contributed by atoms with Crippen LogP contribution in [0.4, 0.5) is 0 Å². The summed E-state index contributed by atoms with van der Waals surface area (Å²) in [5.41, 5.74) is 3.72. The Bertz CT molecular complexity index is 358. The number of hydrazine groups is 1. The summed E-state index contributed by atoms with van der Waals surface area (Å²) in [6.45, 7) is 4.23. The van der Waals surface area contributed by atoms with Crippen LogP contribution in [0.25, 0.3) is 0 Å². The van der Waals surface area contributed by atoms with Crippen molar-refractivity contribution < 1.29 is 4.74 Å². The highest BCUT2D eigenvalue weighted by atomic mass is 35.5. The summed E-state index contributed by atoms with van der Waals surface area (Å²) in [6.07, 6.45) is 2.56. The molecule has 18 heavy (non-hydrogen) atoms. The normalized spacial score (nSPS) is 13.6. The van der Waals surface area contributed by atoms with Gasteiger partial charge >= 0.3 is 0 Å². The highest BCUT2D eigenvalue weighted by Gasteiger charge is 2.35. The molecular weight excluding hydrogens is 248 g/mol. The SMILES string of the molecule is CCC(CC)(OC)C(Cc1ccccc1Cl)NN. The largest absolute Gasteiger partial charge is 0.377 e. The van der Waals surface area contributed by atoms with Crippen molar-refractivity contribution in [1.29, 1.82) is 0 Å². The number of hydrogen-bond donors (Lipinski definition) is 2. The number of hydrogen-bond acceptors (Lipinski definition) is 3. The van der Waals surface area contributed by atoms with E-state index >= 15 is 0 Å². The number of ether oxygens (including phenoxy) is 1. The van der Waals surface area contributed by atoms with E-state index in [1.165, 1.54) is 0 Å². The Morgan fingerprint density at radius 1 is 1.33 bits per heavy atom. The Balaban J connectivity index is 2.94. The maximum atomic E-state index is 6.20. The van der Waals surface area contributed by atoms with Gasteiger partial charge in [-0.15, -0.1) is 0 Å². The molecule has 3 N–H and O–H groups in total. The molecule has 0 radical (unpaired) electrons. The van der Waals surface area contributed by atoms with Crippen LogP contribution in [0.1, 0.15) is 32.3 Å². The molecule has 0 aliphatic heterocycles. The standard InChI is InChI=1S/C14H23ClN2O/c1-4-14(5-2,18-3)13(17-16)10-11-8-6-7-9-12(11)15/h6-9,13,17H,4-5,10,16H2,1-3H3. The Labute approximate surface area is 115 Å². The van der Waals surface area contributed by atoms with Crippen molar-refractivity contribution in [1.82, 2.24) is 5.43 Å². The lowest BCUT2D eigenvalue weighted by molar-refractivity contribution is -0.0472. The fraction of sp³-hybridized carbons (Fsp3) is 0.571. The first-order valence-corrected chi connectivity index (χ1v) is 6.76. The lowest BCUT2D eigenvalue weighted by Gasteiger charge is -2.38. The van der Waals surface area contributed by atoms with Gasteiger partial charge in [-0.1, -0.05) is 43.6 Å². The summed E-state index contributed by atoms with van der Waals surface area (Å²) in [5, 5.41) is 0.773. The molecule has 0 saturated carbocycles. The first kappa shape index (κ1) is 15.4. The maximum Gasteiger partial charge on any atom is 0.0842 e. The minimum atomic E-state index is -0.256. The van der Waals surface area contributed by atoms with Gasteiger partial charge in [-0.25, -0.2) is 0 Å². The Kier molecular flexibility index (Phi) is 6.09. The van der Waals surface area contributed by atoms with Gasteiger partial charge in [0.15, 0.2) is 0 Å². The molecule has 0 heterocycles. The third kappa shape index (κ3) is 3.23. The third-order valence-corrected chi connectivity index (χ3v) is 4.19. The van der Waals surface area contributed by atoms with Crippen molar-refractivity contribution in [2.45, 2.75) is 44.8 Å². The number of nitrogens with two attached hydrogens (primary N) is 1. The predicted molar refractivity (Wildman–Crippen MR) is 76.6 cm³/mol. The Morgan fingerprint density at radius 2 is 1.94 bits per heavy atom. The van der Waals surface area contributed by atoms with Gasteiger partial charge in [-0.3, -0.25) is 11.3 Å². The zero-order valence-corrected chi connectivity index (χ0v) is 12.1. The maximum absolute atomic E-state index is 6.20. The molecule has 0 saturated heterocycles. The number of nitrogens with one attached hydrogen (secondary N) is 1. The van der Waals surface area contributed by atoms with Crippen molar-refractivity contribution in [3.8, 4) is 0 Å². The summed E-state index contributed by atoms with van der Waals surface area (Å²) in [4.78, 5) is 0. The van der Waals surface area contributed by atoms with Crippen LogP contribution in [0.5, 0.6) is 0 Å². The topological polar surface area (TPSA) is 47.3 Å². The molecule has 1 aromatic carbocycles. The first-order chi connectivity index (χ1) is 8.63. The predicted octanol–water partition coefficient (Wildman–Crippen LogP) is 2.92. The fourth-order valence-electron chi connectivity index (χ4n) is 2.45. The van der Waals surface area contributed by atoms with E-state index in [0.717, 1.165) is 29.8 Å². The molecule has 0 fully saturated rings. The van der Waals surface area contributed by atoms with Gasteiger partial charge in [-0.2, -0.15) is 0 Å². The second-order valence-electron chi connectivity index (χ2n) is 4.49. The molecule has 102 valence electrons. The average molecular weight is 271 g/mol. The van der Waals surface area contributed by atoms with Crippen molar-refractivity contribution >= 4 is 11.6 Å². The van der Waals surface area contributed by atoms with Crippen molar-refractivity contribution in [2.75, 3.05) is 7.11 Å². The molecule has 4 heteroatoms. The molecular formula is C14H23ClN2O. The van der Waals surface area contributed by atoms with E-state index in [0.29, 0.717) is 0 Å². The molecule has 0 aliphatic carbocycles. The molecule has 0 bridgehead atoms. The van der Waals surface area contributed by atoms with Gasteiger partial charge in [-0.05, 0) is 30.9 Å². The Morgan fingerprint density at radius 3 is 2.39 bits per heavy atom. The molecule has 0 spiro atoms. The summed E-state index contributed by atoms with van der Waals surface area (Å²) in [7, 11) is 1.74. The van der Waals surface area contributed by atoms with Crippen LogP contribution in [0, 0.1) is 0 Å². The van der Waals surface area contributed by atoms with Crippen molar-refractivity contribution in [3.63, 3.8) is 0 Å². The van der Waals surface area contributed by atoms with Gasteiger partial charge in [0.1, 0.15) is 0 Å². The number of halogens is 1. The van der Waals surface area contributed by atoms with Gasteiger partial charge < -0.3 is 4.74 Å². The summed E-state index contributed by atoms with van der Waals surface area (Å²) >= 11 is 6.20. The van der Waals surface area contributed by atoms with E-state index in [4.69, 9.17) is 22.2 Å². The second kappa shape index (κ2) is 7.10. The Hall–Kier alpha value is -0.610. The summed E-state index contributed by atoms with van der Waals surface area (Å²) < 4.78 is 5.72. The van der Waals surface area contributed by atoms with Crippen LogP contribution in [0.2, 0.25) is 5.02 Å². The molecule has 0 amide bonds. The van der Waals surface area contributed by atoms with Crippen LogP contribution in [0.3, 0.4) is 0 Å². The lowest BCUT2D eigenvalue weighted by atomic mass is 9.85. The zero-order chi connectivity index (χ0) is 13.6. The molecule has 1 aromatic rings. The highest BCUT2D eigenvalue weighted by molar-refractivity contribution is 6.31. The molecule has 0 aromatic heterocycles. The minimum Gasteiger partial charge on any atom is -0.377 e. The second-order valence-corrected chi connectivity index (χ2v) is 4.90. The minimum absolute atomic E-state index is 0.0393. The van der Waals surface area contributed by atoms with Crippen LogP contribution in [0.15, 0.2) is 24.3 Å². The van der Waals surface area contributed by atoms with Crippen LogP contribution >= 0.6 is 11.6 Å². The zero-order valence-electron chi connectivity index (χ0n) is 11.4. The monoisotopic (exact) mass is 270 g/mol. The molecule has 3 nitrogen and oxygen atoms in total. The first-order valence-electron chi connectivity index (χ1n) is 6.38. The van der Waals surface area contributed by atoms with Crippen molar-refractivity contribution in [2.24, 2.45) is 5.84 Å². The number of rotatable bonds is 7. The van der Waals surface area contributed by atoms with Crippen molar-refractivity contribution in [3.05, 3.63) is 34.9 Å². The van der Waals surface area contributed by atoms with E-state index in [1.54, 1.807) is 7.11 Å². The van der Waals surface area contributed by atoms with E-state index in [2.05, 4.69) is 19.3 Å². The van der Waals surface area contributed by atoms with E-state index in [9.17, 15) is 0 Å². The van der Waals surface area contributed by atoms with Gasteiger partial charge in [0.05, 0.1) is 11.6 Å². The molecule has 1 unspecified atom stereocenters. The lowest BCUT2D eigenvalue weighted by Crippen LogP contribution is -2.55. The van der Waals surface area contributed by atoms with Gasteiger partial charge in [0, 0.05) is 12.1 Å². The van der Waals surface area contributed by atoms with Gasteiger partial charge in [0.25, 0.3) is 0 Å². The van der Waals surface area contributed by atoms with Crippen LogP contribution < -0.4 is 11.3 Å². The van der Waals surface area contributed by atoms with E-state index in [-0.39, 0.29) is 11.6 Å².